The van der Waals surface area contributed by atoms with Crippen molar-refractivity contribution in [1.82, 2.24) is 25.2 Å². The second-order valence-electron chi connectivity index (χ2n) is 8.01. The van der Waals surface area contributed by atoms with Crippen molar-refractivity contribution in [3.63, 3.8) is 0 Å². The van der Waals surface area contributed by atoms with Crippen LogP contribution in [0.2, 0.25) is 0 Å². The number of nitrogens with zero attached hydrogens (tertiary/aromatic N) is 4. The topological polar surface area (TPSA) is 90.7 Å². The highest BCUT2D eigenvalue weighted by atomic mass is 16.6. The maximum Gasteiger partial charge on any atom is 0.407 e. The Hall–Kier alpha value is -1.71. The van der Waals surface area contributed by atoms with E-state index < -0.39 is 0 Å². The van der Waals surface area contributed by atoms with Gasteiger partial charge in [0.25, 0.3) is 0 Å². The molecule has 0 bridgehead atoms. The van der Waals surface area contributed by atoms with Gasteiger partial charge in [0.2, 0.25) is 0 Å². The fraction of sp³-hybridized carbons (Fsp3) is 0.833. The molecule has 9 heteroatoms. The van der Waals surface area contributed by atoms with Gasteiger partial charge in [0.05, 0.1) is 25.1 Å². The third-order valence-electron chi connectivity index (χ3n) is 5.54. The molecular formula is C18H29N5O4. The van der Waals surface area contributed by atoms with Crippen LogP contribution < -0.4 is 5.32 Å². The molecule has 150 valence electrons. The summed E-state index contributed by atoms with van der Waals surface area (Å²) < 4.78 is 19.2. The number of fused-ring (bicyclic) bond motifs is 1. The highest BCUT2D eigenvalue weighted by Gasteiger charge is 2.50. The molecule has 1 aromatic rings. The fourth-order valence-electron chi connectivity index (χ4n) is 4.23. The third kappa shape index (κ3) is 4.25. The number of amides is 1. The highest BCUT2D eigenvalue weighted by molar-refractivity contribution is 5.68. The quantitative estimate of drug-likeness (QED) is 0.819. The number of aromatic nitrogens is 3. The van der Waals surface area contributed by atoms with Crippen LogP contribution in [0.5, 0.6) is 0 Å². The average Bonchev–Trinajstić information content (AvgIpc) is 3.33. The molecule has 0 radical (unpaired) electrons. The van der Waals surface area contributed by atoms with E-state index in [-0.39, 0.29) is 36.5 Å². The van der Waals surface area contributed by atoms with Gasteiger partial charge in [-0.3, -0.25) is 0 Å². The lowest BCUT2D eigenvalue weighted by Crippen LogP contribution is -2.41. The number of alkyl carbamates (subject to hydrolysis) is 1. The van der Waals surface area contributed by atoms with Crippen molar-refractivity contribution in [2.75, 3.05) is 27.3 Å². The van der Waals surface area contributed by atoms with E-state index >= 15 is 0 Å². The van der Waals surface area contributed by atoms with Gasteiger partial charge in [0.15, 0.2) is 6.10 Å². The Kier molecular flexibility index (Phi) is 5.60. The van der Waals surface area contributed by atoms with Gasteiger partial charge in [-0.15, -0.1) is 5.10 Å². The molecule has 1 aliphatic carbocycles. The Bertz CT molecular complexity index is 645. The van der Waals surface area contributed by atoms with Crippen LogP contribution in [-0.4, -0.2) is 77.6 Å². The lowest BCUT2D eigenvalue weighted by Gasteiger charge is -2.24. The largest absolute Gasteiger partial charge is 0.441 e. The van der Waals surface area contributed by atoms with Gasteiger partial charge < -0.3 is 24.4 Å². The standard InChI is InChI=1S/C18H29N5O4/c1-22(2)8-13-9-23(21-20-13)14-10-25-17-15(11-26-16(14)17)27-18(24)19-12-6-4-3-5-7-12/h9,12,14-17H,3-8,10-11H2,1-2H3,(H,19,24)/t14-,15+,16+,17+/m0/s1. The molecule has 3 aliphatic rings. The Morgan fingerprint density at radius 1 is 1.26 bits per heavy atom. The molecule has 9 nitrogen and oxygen atoms in total. The molecule has 2 aliphatic heterocycles. The minimum atomic E-state index is -0.381. The number of hydrogen-bond acceptors (Lipinski definition) is 7. The zero-order valence-electron chi connectivity index (χ0n) is 16.0. The molecular weight excluding hydrogens is 350 g/mol. The van der Waals surface area contributed by atoms with Gasteiger partial charge in [0.1, 0.15) is 18.2 Å². The summed E-state index contributed by atoms with van der Waals surface area (Å²) in [6.45, 7) is 1.56. The second kappa shape index (κ2) is 8.12. The zero-order valence-corrected chi connectivity index (χ0v) is 16.0. The van der Waals surface area contributed by atoms with Gasteiger partial charge in [-0.1, -0.05) is 24.5 Å². The molecule has 0 aromatic carbocycles. The maximum absolute atomic E-state index is 12.2. The molecule has 1 amide bonds. The maximum atomic E-state index is 12.2. The third-order valence-corrected chi connectivity index (χ3v) is 5.54. The van der Waals surface area contributed by atoms with E-state index in [4.69, 9.17) is 14.2 Å². The number of carbonyl (C=O) groups excluding carboxylic acids is 1. The van der Waals surface area contributed by atoms with Crippen LogP contribution in [0.4, 0.5) is 4.79 Å². The summed E-state index contributed by atoms with van der Waals surface area (Å²) in [5.74, 6) is 0. The molecule has 0 spiro atoms. The van der Waals surface area contributed by atoms with E-state index in [1.165, 1.54) is 19.3 Å². The number of hydrogen-bond donors (Lipinski definition) is 1. The summed E-state index contributed by atoms with van der Waals surface area (Å²) >= 11 is 0. The summed E-state index contributed by atoms with van der Waals surface area (Å²) in [7, 11) is 3.99. The molecule has 1 N–H and O–H groups in total. The van der Waals surface area contributed by atoms with E-state index in [1.807, 2.05) is 29.9 Å². The molecule has 3 heterocycles. The van der Waals surface area contributed by atoms with Gasteiger partial charge in [-0.2, -0.15) is 0 Å². The molecule has 0 unspecified atom stereocenters. The van der Waals surface area contributed by atoms with Crippen LogP contribution in [0.3, 0.4) is 0 Å². The van der Waals surface area contributed by atoms with Crippen LogP contribution in [-0.2, 0) is 20.8 Å². The lowest BCUT2D eigenvalue weighted by atomic mass is 9.96. The smallest absolute Gasteiger partial charge is 0.407 e. The monoisotopic (exact) mass is 379 g/mol. The number of carbonyl (C=O) groups is 1. The Morgan fingerprint density at radius 3 is 2.81 bits per heavy atom. The minimum absolute atomic E-state index is 0.0478. The van der Waals surface area contributed by atoms with Crippen LogP contribution >= 0.6 is 0 Å². The SMILES string of the molecule is CN(C)Cc1cn([C@H]2CO[C@H]3[C@@H]2OC[C@H]3OC(=O)NC2CCCCC2)nn1. The Labute approximate surface area is 159 Å². The van der Waals surface area contributed by atoms with Crippen molar-refractivity contribution in [3.8, 4) is 0 Å². The van der Waals surface area contributed by atoms with Crippen LogP contribution in [0, 0.1) is 0 Å². The fourth-order valence-corrected chi connectivity index (χ4v) is 4.23. The van der Waals surface area contributed by atoms with E-state index in [2.05, 4.69) is 15.6 Å². The van der Waals surface area contributed by atoms with Crippen molar-refractivity contribution < 1.29 is 19.0 Å². The summed E-state index contributed by atoms with van der Waals surface area (Å²) in [6, 6.07) is 0.181. The first kappa shape index (κ1) is 18.6. The number of ether oxygens (including phenoxy) is 3. The number of rotatable bonds is 5. The van der Waals surface area contributed by atoms with Gasteiger partial charge in [-0.25, -0.2) is 9.48 Å². The van der Waals surface area contributed by atoms with Crippen molar-refractivity contribution in [2.45, 2.75) is 69.0 Å². The highest BCUT2D eigenvalue weighted by Crippen LogP contribution is 2.35. The van der Waals surface area contributed by atoms with E-state index in [0.29, 0.717) is 13.2 Å². The van der Waals surface area contributed by atoms with Crippen LogP contribution in [0.15, 0.2) is 6.20 Å². The molecule has 3 fully saturated rings. The summed E-state index contributed by atoms with van der Waals surface area (Å²) in [6.07, 6.45) is 6.41. The molecule has 27 heavy (non-hydrogen) atoms. The van der Waals surface area contributed by atoms with E-state index in [1.54, 1.807) is 0 Å². The van der Waals surface area contributed by atoms with Gasteiger partial charge in [-0.05, 0) is 26.9 Å². The predicted octanol–water partition coefficient (Wildman–Crippen LogP) is 1.11. The minimum Gasteiger partial charge on any atom is -0.441 e. The molecule has 1 aromatic heterocycles. The van der Waals surface area contributed by atoms with E-state index in [0.717, 1.165) is 25.1 Å². The van der Waals surface area contributed by atoms with Crippen molar-refractivity contribution >= 4 is 6.09 Å². The van der Waals surface area contributed by atoms with E-state index in [9.17, 15) is 4.79 Å². The average molecular weight is 379 g/mol. The zero-order chi connectivity index (χ0) is 18.8. The van der Waals surface area contributed by atoms with Crippen molar-refractivity contribution in [2.24, 2.45) is 0 Å². The first-order valence-electron chi connectivity index (χ1n) is 9.86. The summed E-state index contributed by atoms with van der Waals surface area (Å²) in [4.78, 5) is 14.3. The lowest BCUT2D eigenvalue weighted by molar-refractivity contribution is 0.00170. The molecule has 1 saturated carbocycles. The Balaban J connectivity index is 1.31. The number of nitrogens with one attached hydrogen (secondary N) is 1. The normalized spacial score (nSPS) is 31.2. The first-order valence-corrected chi connectivity index (χ1v) is 9.86. The first-order chi connectivity index (χ1) is 13.1. The molecule has 2 saturated heterocycles. The molecule has 4 rings (SSSR count). The van der Waals surface area contributed by atoms with Gasteiger partial charge in [0, 0.05) is 12.6 Å². The van der Waals surface area contributed by atoms with Crippen LogP contribution in [0.1, 0.15) is 43.8 Å². The summed E-state index contributed by atoms with van der Waals surface area (Å²) in [5.41, 5.74) is 0.904. The predicted molar refractivity (Wildman–Crippen MR) is 96.2 cm³/mol. The second-order valence-corrected chi connectivity index (χ2v) is 8.01. The molecule has 4 atom stereocenters. The Morgan fingerprint density at radius 2 is 2.04 bits per heavy atom. The van der Waals surface area contributed by atoms with Crippen LogP contribution in [0.25, 0.3) is 0 Å². The van der Waals surface area contributed by atoms with Crippen molar-refractivity contribution in [3.05, 3.63) is 11.9 Å². The summed E-state index contributed by atoms with van der Waals surface area (Å²) in [5, 5.41) is 11.4. The van der Waals surface area contributed by atoms with Crippen molar-refractivity contribution in [1.29, 1.82) is 0 Å². The van der Waals surface area contributed by atoms with Gasteiger partial charge >= 0.3 is 6.09 Å².